The number of hydrogen-bond donors (Lipinski definition) is 1. The van der Waals surface area contributed by atoms with Crippen LogP contribution in [0.15, 0.2) is 22.6 Å². The fraction of sp³-hybridized carbons (Fsp3) is 0.500. The van der Waals surface area contributed by atoms with Crippen LogP contribution in [0.3, 0.4) is 0 Å². The lowest BCUT2D eigenvalue weighted by atomic mass is 10.3. The second kappa shape index (κ2) is 7.48. The number of rotatable bonds is 5. The minimum Gasteiger partial charge on any atom is -0.451 e. The number of carbonyl (C=O) groups is 2. The summed E-state index contributed by atoms with van der Waals surface area (Å²) in [5.41, 5.74) is 0. The Hall–Kier alpha value is -1.35. The van der Waals surface area contributed by atoms with E-state index in [-0.39, 0.29) is 11.8 Å². The second-order valence-corrected chi connectivity index (χ2v) is 6.98. The van der Waals surface area contributed by atoms with Gasteiger partial charge in [0.25, 0.3) is 0 Å². The van der Waals surface area contributed by atoms with Crippen LogP contribution in [0.5, 0.6) is 0 Å². The fourth-order valence-electron chi connectivity index (χ4n) is 2.51. The van der Waals surface area contributed by atoms with Gasteiger partial charge in [-0.3, -0.25) is 14.5 Å². The second-order valence-electron chi connectivity index (χ2n) is 5.92. The van der Waals surface area contributed by atoms with Gasteiger partial charge in [0.15, 0.2) is 3.77 Å². The third-order valence-electron chi connectivity index (χ3n) is 3.98. The molecule has 2 heterocycles. The summed E-state index contributed by atoms with van der Waals surface area (Å²) < 4.78 is 6.19. The predicted octanol–water partition coefficient (Wildman–Crippen LogP) is 1.32. The Bertz CT molecular complexity index is 601. The number of piperazine rings is 1. The van der Waals surface area contributed by atoms with Gasteiger partial charge in [0.1, 0.15) is 5.76 Å². The molecule has 2 amide bonds. The predicted molar refractivity (Wildman–Crippen MR) is 94.6 cm³/mol. The number of furan rings is 1. The monoisotopic (exact) mass is 429 g/mol. The fourth-order valence-corrected chi connectivity index (χ4v) is 2.94. The lowest BCUT2D eigenvalue weighted by molar-refractivity contribution is -0.128. The maximum Gasteiger partial charge on any atom is 0.246 e. The first-order chi connectivity index (χ1) is 11.1. The van der Waals surface area contributed by atoms with E-state index in [9.17, 15) is 9.59 Å². The van der Waals surface area contributed by atoms with Crippen molar-refractivity contribution in [2.75, 3.05) is 32.7 Å². The molecular formula is C16H20IN3O3. The van der Waals surface area contributed by atoms with Gasteiger partial charge in [0.2, 0.25) is 11.8 Å². The van der Waals surface area contributed by atoms with Gasteiger partial charge < -0.3 is 14.6 Å². The first-order valence-electron chi connectivity index (χ1n) is 7.84. The molecule has 1 aromatic rings. The maximum absolute atomic E-state index is 12.2. The number of hydrogen-bond acceptors (Lipinski definition) is 4. The van der Waals surface area contributed by atoms with E-state index in [0.717, 1.165) is 29.7 Å². The number of nitrogens with one attached hydrogen (secondary N) is 1. The average Bonchev–Trinajstić information content (AvgIpc) is 3.24. The van der Waals surface area contributed by atoms with Gasteiger partial charge in [0, 0.05) is 38.3 Å². The van der Waals surface area contributed by atoms with Crippen molar-refractivity contribution in [1.29, 1.82) is 0 Å². The zero-order valence-corrected chi connectivity index (χ0v) is 15.0. The van der Waals surface area contributed by atoms with Gasteiger partial charge >= 0.3 is 0 Å². The van der Waals surface area contributed by atoms with Crippen LogP contribution in [0.1, 0.15) is 18.6 Å². The van der Waals surface area contributed by atoms with Crippen LogP contribution in [0.4, 0.5) is 0 Å². The normalized spacial score (nSPS) is 19.3. The average molecular weight is 429 g/mol. The molecule has 0 bridgehead atoms. The van der Waals surface area contributed by atoms with Gasteiger partial charge in [-0.15, -0.1) is 0 Å². The van der Waals surface area contributed by atoms with Crippen LogP contribution in [0.25, 0.3) is 6.08 Å². The van der Waals surface area contributed by atoms with Crippen LogP contribution in [0, 0.1) is 3.77 Å². The highest BCUT2D eigenvalue weighted by molar-refractivity contribution is 14.1. The standard InChI is InChI=1S/C16H20IN3O3/c17-14-5-3-13(23-14)4-6-16(22)20-9-7-19(8-10-20)11-15(21)18-12-1-2-12/h3-6,12H,1-2,7-11H2,(H,18,21)/b6-4+. The smallest absolute Gasteiger partial charge is 0.246 e. The minimum atomic E-state index is -0.0153. The zero-order valence-electron chi connectivity index (χ0n) is 12.8. The Labute approximate surface area is 149 Å². The lowest BCUT2D eigenvalue weighted by Crippen LogP contribution is -2.50. The Morgan fingerprint density at radius 3 is 2.61 bits per heavy atom. The summed E-state index contributed by atoms with van der Waals surface area (Å²) in [7, 11) is 0. The van der Waals surface area contributed by atoms with E-state index in [1.807, 2.05) is 12.1 Å². The number of halogens is 1. The van der Waals surface area contributed by atoms with Gasteiger partial charge in [-0.1, -0.05) is 0 Å². The summed E-state index contributed by atoms with van der Waals surface area (Å²) in [4.78, 5) is 27.8. The summed E-state index contributed by atoms with van der Waals surface area (Å²) in [5, 5.41) is 2.99. The summed E-state index contributed by atoms with van der Waals surface area (Å²) in [6.45, 7) is 3.19. The van der Waals surface area contributed by atoms with Gasteiger partial charge in [0.05, 0.1) is 6.54 Å². The first-order valence-corrected chi connectivity index (χ1v) is 8.92. The topological polar surface area (TPSA) is 65.8 Å². The van der Waals surface area contributed by atoms with Crippen molar-refractivity contribution in [1.82, 2.24) is 15.1 Å². The van der Waals surface area contributed by atoms with Crippen molar-refractivity contribution in [2.45, 2.75) is 18.9 Å². The van der Waals surface area contributed by atoms with Gasteiger partial charge in [-0.2, -0.15) is 0 Å². The molecule has 1 aliphatic heterocycles. The van der Waals surface area contributed by atoms with Crippen molar-refractivity contribution in [3.05, 3.63) is 27.7 Å². The molecule has 2 fully saturated rings. The van der Waals surface area contributed by atoms with E-state index in [4.69, 9.17) is 4.42 Å². The third kappa shape index (κ3) is 5.07. The van der Waals surface area contributed by atoms with Crippen LogP contribution < -0.4 is 5.32 Å². The van der Waals surface area contributed by atoms with Crippen LogP contribution in [-0.2, 0) is 9.59 Å². The quantitative estimate of drug-likeness (QED) is 0.567. The molecule has 1 saturated heterocycles. The molecule has 0 spiro atoms. The molecule has 1 N–H and O–H groups in total. The molecule has 2 aliphatic rings. The van der Waals surface area contributed by atoms with Crippen LogP contribution >= 0.6 is 22.6 Å². The summed E-state index contributed by atoms with van der Waals surface area (Å²) in [6.07, 6.45) is 5.45. The van der Waals surface area contributed by atoms with Gasteiger partial charge in [-0.05, 0) is 53.6 Å². The molecule has 0 atom stereocenters. The Morgan fingerprint density at radius 1 is 1.26 bits per heavy atom. The molecule has 1 aliphatic carbocycles. The summed E-state index contributed by atoms with van der Waals surface area (Å²) >= 11 is 2.09. The molecule has 23 heavy (non-hydrogen) atoms. The minimum absolute atomic E-state index is 0.0153. The first kappa shape index (κ1) is 16.5. The molecule has 0 radical (unpaired) electrons. The van der Waals surface area contributed by atoms with Crippen molar-refractivity contribution in [2.24, 2.45) is 0 Å². The Kier molecular flexibility index (Phi) is 5.37. The van der Waals surface area contributed by atoms with Crippen molar-refractivity contribution in [3.63, 3.8) is 0 Å². The summed E-state index contributed by atoms with van der Waals surface area (Å²) in [6, 6.07) is 4.10. The van der Waals surface area contributed by atoms with E-state index in [1.54, 1.807) is 17.1 Å². The molecule has 1 saturated carbocycles. The van der Waals surface area contributed by atoms with Crippen molar-refractivity contribution < 1.29 is 14.0 Å². The van der Waals surface area contributed by atoms with E-state index in [1.165, 1.54) is 0 Å². The van der Waals surface area contributed by atoms with E-state index < -0.39 is 0 Å². The van der Waals surface area contributed by atoms with E-state index in [2.05, 4.69) is 32.8 Å². The third-order valence-corrected chi connectivity index (χ3v) is 4.56. The molecule has 124 valence electrons. The Morgan fingerprint density at radius 2 is 2.00 bits per heavy atom. The number of carbonyl (C=O) groups excluding carboxylic acids is 2. The summed E-state index contributed by atoms with van der Waals surface area (Å²) in [5.74, 6) is 0.760. The highest BCUT2D eigenvalue weighted by Gasteiger charge is 2.25. The largest absolute Gasteiger partial charge is 0.451 e. The van der Waals surface area contributed by atoms with E-state index in [0.29, 0.717) is 31.4 Å². The highest BCUT2D eigenvalue weighted by atomic mass is 127. The number of nitrogens with zero attached hydrogens (tertiary/aromatic N) is 2. The van der Waals surface area contributed by atoms with Crippen molar-refractivity contribution >= 4 is 40.5 Å². The van der Waals surface area contributed by atoms with E-state index >= 15 is 0 Å². The van der Waals surface area contributed by atoms with Gasteiger partial charge in [-0.25, -0.2) is 0 Å². The molecular weight excluding hydrogens is 409 g/mol. The number of amides is 2. The molecule has 3 rings (SSSR count). The Balaban J connectivity index is 1.41. The highest BCUT2D eigenvalue weighted by Crippen LogP contribution is 2.18. The molecule has 6 nitrogen and oxygen atoms in total. The maximum atomic E-state index is 12.2. The lowest BCUT2D eigenvalue weighted by Gasteiger charge is -2.33. The molecule has 7 heteroatoms. The van der Waals surface area contributed by atoms with Crippen LogP contribution in [0.2, 0.25) is 0 Å². The van der Waals surface area contributed by atoms with Crippen molar-refractivity contribution in [3.8, 4) is 0 Å². The SMILES string of the molecule is O=C(CN1CCN(C(=O)/C=C/c2ccc(I)o2)CC1)NC1CC1. The molecule has 0 unspecified atom stereocenters. The molecule has 1 aromatic heterocycles. The van der Waals surface area contributed by atoms with Crippen LogP contribution in [-0.4, -0.2) is 60.4 Å². The molecule has 0 aromatic carbocycles. The zero-order chi connectivity index (χ0) is 16.2.